The highest BCUT2D eigenvalue weighted by Crippen LogP contribution is 2.12. The number of aliphatic hydroxyl groups excluding tert-OH is 1. The van der Waals surface area contributed by atoms with Crippen molar-refractivity contribution < 1.29 is 9.90 Å². The predicted octanol–water partition coefficient (Wildman–Crippen LogP) is 2.51. The molecule has 3 nitrogen and oxygen atoms in total. The quantitative estimate of drug-likeness (QED) is 0.848. The normalized spacial score (nSPS) is 14.0. The molecule has 100 valence electrons. The van der Waals surface area contributed by atoms with Crippen molar-refractivity contribution in [2.75, 3.05) is 6.54 Å². The molecular formula is C14H20BrNO2. The van der Waals surface area contributed by atoms with Gasteiger partial charge in [0.1, 0.15) is 0 Å². The van der Waals surface area contributed by atoms with Crippen molar-refractivity contribution in [2.45, 2.75) is 32.8 Å². The van der Waals surface area contributed by atoms with E-state index in [4.69, 9.17) is 0 Å². The van der Waals surface area contributed by atoms with Crippen LogP contribution in [-0.4, -0.2) is 23.7 Å². The van der Waals surface area contributed by atoms with E-state index in [0.717, 1.165) is 16.5 Å². The molecule has 0 aliphatic heterocycles. The van der Waals surface area contributed by atoms with Gasteiger partial charge in [-0.2, -0.15) is 0 Å². The summed E-state index contributed by atoms with van der Waals surface area (Å²) in [6.45, 7) is 4.32. The molecule has 0 spiro atoms. The lowest BCUT2D eigenvalue weighted by Crippen LogP contribution is -2.36. The van der Waals surface area contributed by atoms with E-state index < -0.39 is 6.10 Å². The fourth-order valence-electron chi connectivity index (χ4n) is 1.59. The van der Waals surface area contributed by atoms with Crippen molar-refractivity contribution >= 4 is 21.8 Å². The van der Waals surface area contributed by atoms with Crippen LogP contribution in [0.15, 0.2) is 28.7 Å². The lowest BCUT2D eigenvalue weighted by Gasteiger charge is -2.17. The average Bonchev–Trinajstić information content (AvgIpc) is 2.35. The van der Waals surface area contributed by atoms with Gasteiger partial charge >= 0.3 is 0 Å². The van der Waals surface area contributed by atoms with Crippen LogP contribution in [0.2, 0.25) is 0 Å². The molecule has 2 unspecified atom stereocenters. The van der Waals surface area contributed by atoms with Gasteiger partial charge in [-0.1, -0.05) is 48.3 Å². The van der Waals surface area contributed by atoms with Gasteiger partial charge in [0.2, 0.25) is 5.91 Å². The van der Waals surface area contributed by atoms with E-state index in [9.17, 15) is 9.90 Å². The second-order valence-corrected chi connectivity index (χ2v) is 5.48. The van der Waals surface area contributed by atoms with E-state index >= 15 is 0 Å². The highest BCUT2D eigenvalue weighted by Gasteiger charge is 2.13. The minimum atomic E-state index is -0.471. The summed E-state index contributed by atoms with van der Waals surface area (Å²) in [6, 6.07) is 7.66. The molecule has 18 heavy (non-hydrogen) atoms. The maximum atomic E-state index is 11.7. The van der Waals surface area contributed by atoms with Crippen molar-refractivity contribution in [1.82, 2.24) is 5.32 Å². The van der Waals surface area contributed by atoms with Gasteiger partial charge in [-0.25, -0.2) is 0 Å². The van der Waals surface area contributed by atoms with Crippen LogP contribution in [0.25, 0.3) is 0 Å². The number of aliphatic hydroxyl groups is 1. The van der Waals surface area contributed by atoms with E-state index in [1.165, 1.54) is 0 Å². The molecule has 0 fully saturated rings. The van der Waals surface area contributed by atoms with Gasteiger partial charge in [-0.15, -0.1) is 0 Å². The molecule has 0 aliphatic carbocycles. The van der Waals surface area contributed by atoms with E-state index in [0.29, 0.717) is 13.0 Å². The first-order valence-electron chi connectivity index (χ1n) is 6.22. The third kappa shape index (κ3) is 5.19. The maximum absolute atomic E-state index is 11.7. The fraction of sp³-hybridized carbons (Fsp3) is 0.500. The van der Waals surface area contributed by atoms with E-state index in [1.54, 1.807) is 0 Å². The molecular weight excluding hydrogens is 294 g/mol. The SMILES string of the molecule is CCC(C)C(O)CNC(=O)Cc1cccc(Br)c1. The van der Waals surface area contributed by atoms with Crippen LogP contribution in [-0.2, 0) is 11.2 Å². The number of hydrogen-bond acceptors (Lipinski definition) is 2. The van der Waals surface area contributed by atoms with Crippen molar-refractivity contribution in [2.24, 2.45) is 5.92 Å². The molecule has 0 saturated carbocycles. The number of rotatable bonds is 6. The number of carbonyl (C=O) groups is 1. The zero-order valence-corrected chi connectivity index (χ0v) is 12.4. The number of amides is 1. The van der Waals surface area contributed by atoms with E-state index in [1.807, 2.05) is 38.1 Å². The topological polar surface area (TPSA) is 49.3 Å². The Labute approximate surface area is 117 Å². The molecule has 1 aromatic rings. The van der Waals surface area contributed by atoms with Gasteiger partial charge in [-0.3, -0.25) is 4.79 Å². The van der Waals surface area contributed by atoms with Crippen LogP contribution < -0.4 is 5.32 Å². The molecule has 0 aliphatic rings. The summed E-state index contributed by atoms with van der Waals surface area (Å²) in [6.07, 6.45) is 0.775. The lowest BCUT2D eigenvalue weighted by molar-refractivity contribution is -0.121. The molecule has 0 heterocycles. The second kappa shape index (κ2) is 7.54. The van der Waals surface area contributed by atoms with Gasteiger partial charge in [0.15, 0.2) is 0 Å². The van der Waals surface area contributed by atoms with Crippen molar-refractivity contribution in [1.29, 1.82) is 0 Å². The van der Waals surface area contributed by atoms with Gasteiger partial charge in [0, 0.05) is 11.0 Å². The summed E-state index contributed by atoms with van der Waals surface area (Å²) in [5, 5.41) is 12.5. The molecule has 4 heteroatoms. The number of carbonyl (C=O) groups excluding carboxylic acids is 1. The van der Waals surface area contributed by atoms with Crippen LogP contribution in [0.3, 0.4) is 0 Å². The molecule has 0 aromatic heterocycles. The molecule has 2 N–H and O–H groups in total. The molecule has 0 bridgehead atoms. The lowest BCUT2D eigenvalue weighted by atomic mass is 10.0. The van der Waals surface area contributed by atoms with Crippen LogP contribution in [0.5, 0.6) is 0 Å². The number of nitrogens with one attached hydrogen (secondary N) is 1. The third-order valence-corrected chi connectivity index (χ3v) is 3.56. The summed E-state index contributed by atoms with van der Waals surface area (Å²) in [4.78, 5) is 11.7. The first-order valence-corrected chi connectivity index (χ1v) is 7.01. The fourth-order valence-corrected chi connectivity index (χ4v) is 2.03. The second-order valence-electron chi connectivity index (χ2n) is 4.56. The zero-order valence-electron chi connectivity index (χ0n) is 10.8. The highest BCUT2D eigenvalue weighted by molar-refractivity contribution is 9.10. The van der Waals surface area contributed by atoms with Crippen LogP contribution in [0.1, 0.15) is 25.8 Å². The first-order chi connectivity index (χ1) is 8.52. The maximum Gasteiger partial charge on any atom is 0.224 e. The molecule has 1 aromatic carbocycles. The zero-order chi connectivity index (χ0) is 13.5. The third-order valence-electron chi connectivity index (χ3n) is 3.06. The Balaban J connectivity index is 2.38. The number of halogens is 1. The predicted molar refractivity (Wildman–Crippen MR) is 76.3 cm³/mol. The number of hydrogen-bond donors (Lipinski definition) is 2. The summed E-state index contributed by atoms with van der Waals surface area (Å²) in [5.74, 6) is 0.145. The average molecular weight is 314 g/mol. The van der Waals surface area contributed by atoms with Gasteiger partial charge in [-0.05, 0) is 23.6 Å². The van der Waals surface area contributed by atoms with Crippen molar-refractivity contribution in [3.63, 3.8) is 0 Å². The monoisotopic (exact) mass is 313 g/mol. The van der Waals surface area contributed by atoms with Crippen LogP contribution in [0.4, 0.5) is 0 Å². The molecule has 0 saturated heterocycles. The summed E-state index contributed by atoms with van der Waals surface area (Å²) >= 11 is 3.37. The Morgan fingerprint density at radius 2 is 2.22 bits per heavy atom. The Kier molecular flexibility index (Phi) is 6.36. The highest BCUT2D eigenvalue weighted by atomic mass is 79.9. The Hall–Kier alpha value is -0.870. The minimum Gasteiger partial charge on any atom is -0.391 e. The molecule has 1 amide bonds. The largest absolute Gasteiger partial charge is 0.391 e. The van der Waals surface area contributed by atoms with Crippen LogP contribution >= 0.6 is 15.9 Å². The standard InChI is InChI=1S/C14H20BrNO2/c1-3-10(2)13(17)9-16-14(18)8-11-5-4-6-12(15)7-11/h4-7,10,13,17H,3,8-9H2,1-2H3,(H,16,18). The Morgan fingerprint density at radius 3 is 2.83 bits per heavy atom. The van der Waals surface area contributed by atoms with Gasteiger partial charge in [0.25, 0.3) is 0 Å². The van der Waals surface area contributed by atoms with Crippen LogP contribution in [0, 0.1) is 5.92 Å². The summed E-state index contributed by atoms with van der Waals surface area (Å²) in [5.41, 5.74) is 0.958. The smallest absolute Gasteiger partial charge is 0.224 e. The minimum absolute atomic E-state index is 0.0598. The Morgan fingerprint density at radius 1 is 1.50 bits per heavy atom. The molecule has 2 atom stereocenters. The molecule has 1 rings (SSSR count). The molecule has 0 radical (unpaired) electrons. The summed E-state index contributed by atoms with van der Waals surface area (Å²) < 4.78 is 0.965. The van der Waals surface area contributed by atoms with E-state index in [-0.39, 0.29) is 11.8 Å². The van der Waals surface area contributed by atoms with E-state index in [2.05, 4.69) is 21.2 Å². The van der Waals surface area contributed by atoms with Gasteiger partial charge < -0.3 is 10.4 Å². The van der Waals surface area contributed by atoms with Gasteiger partial charge in [0.05, 0.1) is 12.5 Å². The van der Waals surface area contributed by atoms with Crippen molar-refractivity contribution in [3.8, 4) is 0 Å². The van der Waals surface area contributed by atoms with Crippen molar-refractivity contribution in [3.05, 3.63) is 34.3 Å². The summed E-state index contributed by atoms with van der Waals surface area (Å²) in [7, 11) is 0. The first kappa shape index (κ1) is 15.2. The number of benzene rings is 1. The Bertz CT molecular complexity index is 395.